The largest absolute Gasteiger partial charge is 0.392 e. The summed E-state index contributed by atoms with van der Waals surface area (Å²) in [6.45, 7) is 1.52. The van der Waals surface area contributed by atoms with Gasteiger partial charge in [-0.15, -0.1) is 0 Å². The summed E-state index contributed by atoms with van der Waals surface area (Å²) in [7, 11) is 3.38. The minimum atomic E-state index is 0.00138. The third-order valence-corrected chi connectivity index (χ3v) is 3.66. The van der Waals surface area contributed by atoms with Crippen LogP contribution < -0.4 is 4.90 Å². The van der Waals surface area contributed by atoms with Crippen LogP contribution in [0.1, 0.15) is 5.56 Å². The highest BCUT2D eigenvalue weighted by atomic mass is 35.5. The van der Waals surface area contributed by atoms with E-state index in [1.807, 2.05) is 12.1 Å². The molecule has 1 N–H and O–H groups in total. The predicted molar refractivity (Wildman–Crippen MR) is 71.2 cm³/mol. The maximum atomic E-state index is 9.07. The molecule has 1 saturated heterocycles. The molecule has 2 rings (SSSR count). The highest BCUT2D eigenvalue weighted by molar-refractivity contribution is 6.33. The lowest BCUT2D eigenvalue weighted by atomic mass is 10.2. The average Bonchev–Trinajstić information content (AvgIpc) is 2.81. The van der Waals surface area contributed by atoms with E-state index in [0.717, 1.165) is 24.3 Å². The lowest BCUT2D eigenvalue weighted by Crippen LogP contribution is -2.27. The highest BCUT2D eigenvalue weighted by Crippen LogP contribution is 2.31. The third-order valence-electron chi connectivity index (χ3n) is 3.36. The van der Waals surface area contributed by atoms with Gasteiger partial charge < -0.3 is 19.5 Å². The summed E-state index contributed by atoms with van der Waals surface area (Å²) in [5, 5.41) is 9.71. The van der Waals surface area contributed by atoms with Crippen LogP contribution >= 0.6 is 11.6 Å². The van der Waals surface area contributed by atoms with Gasteiger partial charge in [0.1, 0.15) is 12.2 Å². The lowest BCUT2D eigenvalue weighted by molar-refractivity contribution is -0.00461. The van der Waals surface area contributed by atoms with Crippen molar-refractivity contribution in [3.05, 3.63) is 28.8 Å². The van der Waals surface area contributed by atoms with Crippen molar-refractivity contribution in [3.63, 3.8) is 0 Å². The Balaban J connectivity index is 2.18. The third kappa shape index (κ3) is 2.62. The van der Waals surface area contributed by atoms with Crippen LogP contribution in [0.15, 0.2) is 18.2 Å². The maximum Gasteiger partial charge on any atom is 0.102 e. The molecule has 0 radical (unpaired) electrons. The monoisotopic (exact) mass is 271 g/mol. The van der Waals surface area contributed by atoms with Crippen molar-refractivity contribution >= 4 is 17.3 Å². The summed E-state index contributed by atoms with van der Waals surface area (Å²) in [5.74, 6) is 0. The van der Waals surface area contributed by atoms with Crippen molar-refractivity contribution in [1.29, 1.82) is 0 Å². The number of halogens is 1. The van der Waals surface area contributed by atoms with Crippen LogP contribution in [0.5, 0.6) is 0 Å². The zero-order valence-electron chi connectivity index (χ0n) is 10.6. The number of ether oxygens (including phenoxy) is 2. The SMILES string of the molecule is COC1CN(c2ccc(CO)cc2Cl)CC1OC. The Morgan fingerprint density at radius 3 is 2.33 bits per heavy atom. The van der Waals surface area contributed by atoms with Gasteiger partial charge in [0.15, 0.2) is 0 Å². The predicted octanol–water partition coefficient (Wildman–Crippen LogP) is 1.68. The van der Waals surface area contributed by atoms with Gasteiger partial charge in [0.2, 0.25) is 0 Å². The van der Waals surface area contributed by atoms with E-state index in [1.165, 1.54) is 0 Å². The summed E-state index contributed by atoms with van der Waals surface area (Å²) in [5.41, 5.74) is 1.77. The molecule has 18 heavy (non-hydrogen) atoms. The van der Waals surface area contributed by atoms with Crippen molar-refractivity contribution in [1.82, 2.24) is 0 Å². The second-order valence-electron chi connectivity index (χ2n) is 4.40. The molecular weight excluding hydrogens is 254 g/mol. The standard InChI is InChI=1S/C13H18ClNO3/c1-17-12-6-15(7-13(12)18-2)11-4-3-9(8-16)5-10(11)14/h3-5,12-13,16H,6-8H2,1-2H3. The second-order valence-corrected chi connectivity index (χ2v) is 4.80. The molecule has 1 aromatic rings. The molecule has 1 fully saturated rings. The number of hydrogen-bond donors (Lipinski definition) is 1. The van der Waals surface area contributed by atoms with E-state index in [9.17, 15) is 0 Å². The Morgan fingerprint density at radius 2 is 1.89 bits per heavy atom. The molecule has 0 aromatic heterocycles. The van der Waals surface area contributed by atoms with E-state index in [4.69, 9.17) is 26.2 Å². The van der Waals surface area contributed by atoms with Crippen molar-refractivity contribution in [2.24, 2.45) is 0 Å². The van der Waals surface area contributed by atoms with E-state index < -0.39 is 0 Å². The Labute approximate surface area is 112 Å². The first-order valence-corrected chi connectivity index (χ1v) is 6.27. The molecule has 0 spiro atoms. The molecule has 100 valence electrons. The van der Waals surface area contributed by atoms with Gasteiger partial charge in [-0.25, -0.2) is 0 Å². The molecular formula is C13H18ClNO3. The normalized spacial score (nSPS) is 23.7. The molecule has 0 bridgehead atoms. The van der Waals surface area contributed by atoms with E-state index in [0.29, 0.717) is 5.02 Å². The van der Waals surface area contributed by atoms with E-state index >= 15 is 0 Å². The topological polar surface area (TPSA) is 41.9 Å². The first-order valence-electron chi connectivity index (χ1n) is 5.89. The Bertz CT molecular complexity index is 401. The minimum Gasteiger partial charge on any atom is -0.392 e. The van der Waals surface area contributed by atoms with Gasteiger partial charge in [0.05, 0.1) is 17.3 Å². The number of methoxy groups -OCH3 is 2. The number of benzene rings is 1. The van der Waals surface area contributed by atoms with Crippen molar-refractivity contribution < 1.29 is 14.6 Å². The van der Waals surface area contributed by atoms with Gasteiger partial charge in [-0.2, -0.15) is 0 Å². The maximum absolute atomic E-state index is 9.07. The number of rotatable bonds is 4. The molecule has 1 aliphatic heterocycles. The van der Waals surface area contributed by atoms with Crippen LogP contribution in [-0.4, -0.2) is 44.6 Å². The zero-order valence-corrected chi connectivity index (χ0v) is 11.4. The fraction of sp³-hybridized carbons (Fsp3) is 0.538. The van der Waals surface area contributed by atoms with Gasteiger partial charge in [-0.1, -0.05) is 17.7 Å². The Kier molecular flexibility index (Phi) is 4.45. The molecule has 2 atom stereocenters. The molecule has 1 heterocycles. The number of hydrogen-bond acceptors (Lipinski definition) is 4. The molecule has 0 aliphatic carbocycles. The van der Waals surface area contributed by atoms with Crippen molar-refractivity contribution in [2.45, 2.75) is 18.8 Å². The molecule has 5 heteroatoms. The minimum absolute atomic E-state index is 0.00138. The van der Waals surface area contributed by atoms with Crippen LogP contribution in [-0.2, 0) is 16.1 Å². The van der Waals surface area contributed by atoms with Crippen LogP contribution in [0.2, 0.25) is 5.02 Å². The highest BCUT2D eigenvalue weighted by Gasteiger charge is 2.33. The average molecular weight is 272 g/mol. The van der Waals surface area contributed by atoms with Crippen LogP contribution in [0.25, 0.3) is 0 Å². The van der Waals surface area contributed by atoms with Gasteiger partial charge in [0.25, 0.3) is 0 Å². The van der Waals surface area contributed by atoms with Gasteiger partial charge in [-0.3, -0.25) is 0 Å². The Morgan fingerprint density at radius 1 is 1.28 bits per heavy atom. The summed E-state index contributed by atoms with van der Waals surface area (Å²) in [6.07, 6.45) is 0.118. The second kappa shape index (κ2) is 5.89. The van der Waals surface area contributed by atoms with Crippen molar-refractivity contribution in [2.75, 3.05) is 32.2 Å². The molecule has 2 unspecified atom stereocenters. The van der Waals surface area contributed by atoms with Gasteiger partial charge >= 0.3 is 0 Å². The van der Waals surface area contributed by atoms with Gasteiger partial charge in [0, 0.05) is 27.3 Å². The fourth-order valence-electron chi connectivity index (χ4n) is 2.30. The molecule has 0 amide bonds. The van der Waals surface area contributed by atoms with Crippen LogP contribution in [0.4, 0.5) is 5.69 Å². The first kappa shape index (κ1) is 13.6. The summed E-state index contributed by atoms with van der Waals surface area (Å²) in [4.78, 5) is 2.14. The summed E-state index contributed by atoms with van der Waals surface area (Å²) >= 11 is 6.24. The van der Waals surface area contributed by atoms with Crippen LogP contribution in [0.3, 0.4) is 0 Å². The smallest absolute Gasteiger partial charge is 0.102 e. The first-order chi connectivity index (χ1) is 8.69. The quantitative estimate of drug-likeness (QED) is 0.905. The van der Waals surface area contributed by atoms with Gasteiger partial charge in [-0.05, 0) is 17.7 Å². The van der Waals surface area contributed by atoms with Crippen LogP contribution in [0, 0.1) is 0 Å². The summed E-state index contributed by atoms with van der Waals surface area (Å²) in [6, 6.07) is 5.60. The number of anilines is 1. The fourth-order valence-corrected chi connectivity index (χ4v) is 2.62. The van der Waals surface area contributed by atoms with E-state index in [2.05, 4.69) is 4.90 Å². The Hall–Kier alpha value is -0.810. The van der Waals surface area contributed by atoms with E-state index in [1.54, 1.807) is 20.3 Å². The number of nitrogens with zero attached hydrogens (tertiary/aromatic N) is 1. The number of aliphatic hydroxyl groups excluding tert-OH is 1. The lowest BCUT2D eigenvalue weighted by Gasteiger charge is -2.19. The summed E-state index contributed by atoms with van der Waals surface area (Å²) < 4.78 is 10.8. The molecule has 1 aromatic carbocycles. The zero-order chi connectivity index (χ0) is 13.1. The molecule has 0 saturated carbocycles. The molecule has 1 aliphatic rings. The van der Waals surface area contributed by atoms with E-state index in [-0.39, 0.29) is 18.8 Å². The number of aliphatic hydroxyl groups is 1. The molecule has 4 nitrogen and oxygen atoms in total. The van der Waals surface area contributed by atoms with Crippen molar-refractivity contribution in [3.8, 4) is 0 Å².